The highest BCUT2D eigenvalue weighted by Crippen LogP contribution is 2.35. The Hall–Kier alpha value is -2.36. The number of carbonyl (C=O) groups excluding carboxylic acids is 1. The fourth-order valence-corrected chi connectivity index (χ4v) is 4.42. The molecule has 0 amide bonds. The third kappa shape index (κ3) is 5.03. The van der Waals surface area contributed by atoms with Gasteiger partial charge in [-0.25, -0.2) is 0 Å². The number of benzene rings is 1. The van der Waals surface area contributed by atoms with Crippen LogP contribution in [0.15, 0.2) is 24.3 Å². The van der Waals surface area contributed by atoms with Gasteiger partial charge in [0, 0.05) is 7.05 Å². The molecule has 1 heterocycles. The SMILES string of the molecule is CCc1nn(C)c(/C(OC(=O)C(C)(C)C)=C(\C#N)c2ccc([Si](C)(C)C)cc2)c1Cl. The Morgan fingerprint density at radius 2 is 1.80 bits per heavy atom. The lowest BCUT2D eigenvalue weighted by molar-refractivity contribution is -0.145. The molecule has 0 aliphatic heterocycles. The first-order chi connectivity index (χ1) is 13.8. The van der Waals surface area contributed by atoms with Crippen LogP contribution in [0, 0.1) is 16.7 Å². The van der Waals surface area contributed by atoms with Gasteiger partial charge >= 0.3 is 5.97 Å². The average molecular weight is 444 g/mol. The summed E-state index contributed by atoms with van der Waals surface area (Å²) in [6, 6.07) is 10.1. The van der Waals surface area contributed by atoms with E-state index in [0.29, 0.717) is 28.4 Å². The van der Waals surface area contributed by atoms with Crippen molar-refractivity contribution in [2.75, 3.05) is 0 Å². The van der Waals surface area contributed by atoms with Crippen LogP contribution in [0.3, 0.4) is 0 Å². The van der Waals surface area contributed by atoms with Crippen LogP contribution in [-0.2, 0) is 23.0 Å². The molecule has 2 rings (SSSR count). The van der Waals surface area contributed by atoms with Gasteiger partial charge in [0.2, 0.25) is 0 Å². The molecule has 0 N–H and O–H groups in total. The van der Waals surface area contributed by atoms with E-state index < -0.39 is 19.5 Å². The maximum Gasteiger partial charge on any atom is 0.316 e. The highest BCUT2D eigenvalue weighted by atomic mass is 35.5. The number of hydrogen-bond acceptors (Lipinski definition) is 4. The maximum absolute atomic E-state index is 12.8. The van der Waals surface area contributed by atoms with Gasteiger partial charge in [0.05, 0.1) is 24.2 Å². The minimum Gasteiger partial charge on any atom is -0.422 e. The molecule has 160 valence electrons. The van der Waals surface area contributed by atoms with E-state index >= 15 is 0 Å². The quantitative estimate of drug-likeness (QED) is 0.277. The van der Waals surface area contributed by atoms with E-state index in [2.05, 4.69) is 30.8 Å². The topological polar surface area (TPSA) is 67.9 Å². The minimum atomic E-state index is -1.48. The van der Waals surface area contributed by atoms with Crippen molar-refractivity contribution >= 4 is 42.2 Å². The Kier molecular flexibility index (Phi) is 7.00. The summed E-state index contributed by atoms with van der Waals surface area (Å²) in [4.78, 5) is 12.8. The summed E-state index contributed by atoms with van der Waals surface area (Å²) in [7, 11) is 0.248. The lowest BCUT2D eigenvalue weighted by atomic mass is 9.97. The molecule has 0 radical (unpaired) electrons. The molecule has 0 fully saturated rings. The Labute approximate surface area is 185 Å². The van der Waals surface area contributed by atoms with Crippen molar-refractivity contribution in [3.63, 3.8) is 0 Å². The second-order valence-corrected chi connectivity index (χ2v) is 14.8. The number of nitrogens with zero attached hydrogens (tertiary/aromatic N) is 3. The standard InChI is InChI=1S/C23H30ClN3O2Si/c1-9-18-19(24)20(27(5)26-18)21(29-22(28)23(2,3)4)17(14-25)15-10-12-16(13-11-15)30(6,7)8/h10-13H,9H2,1-8H3/b21-17-. The van der Waals surface area contributed by atoms with E-state index in [-0.39, 0.29) is 11.3 Å². The zero-order chi connectivity index (χ0) is 22.9. The molecule has 0 spiro atoms. The fraction of sp³-hybridized carbons (Fsp3) is 0.435. The van der Waals surface area contributed by atoms with Gasteiger partial charge in [-0.2, -0.15) is 10.4 Å². The molecule has 7 heteroatoms. The molecule has 0 bridgehead atoms. The number of ether oxygens (including phenoxy) is 1. The summed E-state index contributed by atoms with van der Waals surface area (Å²) < 4.78 is 7.38. The monoisotopic (exact) mass is 443 g/mol. The molecule has 0 unspecified atom stereocenters. The van der Waals surface area contributed by atoms with Crippen LogP contribution < -0.4 is 5.19 Å². The van der Waals surface area contributed by atoms with Gasteiger partial charge in [-0.05, 0) is 32.8 Å². The van der Waals surface area contributed by atoms with Crippen molar-refractivity contribution in [1.29, 1.82) is 5.26 Å². The number of nitriles is 1. The molecule has 5 nitrogen and oxygen atoms in total. The largest absolute Gasteiger partial charge is 0.422 e. The summed E-state index contributed by atoms with van der Waals surface area (Å²) in [5, 5.41) is 16.1. The number of allylic oxidation sites excluding steroid dienone is 1. The van der Waals surface area contributed by atoms with Gasteiger partial charge in [-0.1, -0.05) is 67.6 Å². The molecule has 0 aliphatic rings. The van der Waals surface area contributed by atoms with Gasteiger partial charge in [0.1, 0.15) is 17.3 Å². The van der Waals surface area contributed by atoms with E-state index in [0.717, 1.165) is 0 Å². The summed E-state index contributed by atoms with van der Waals surface area (Å²) >= 11 is 6.58. The predicted octanol–water partition coefficient (Wildman–Crippen LogP) is 5.16. The van der Waals surface area contributed by atoms with E-state index in [1.807, 2.05) is 31.2 Å². The van der Waals surface area contributed by atoms with Crippen molar-refractivity contribution in [3.05, 3.63) is 46.2 Å². The second-order valence-electron chi connectivity index (χ2n) is 9.37. The molecule has 0 aliphatic carbocycles. The molecule has 0 saturated heterocycles. The smallest absolute Gasteiger partial charge is 0.316 e. The first-order valence-electron chi connectivity index (χ1n) is 10.0. The number of hydrogen-bond donors (Lipinski definition) is 0. The van der Waals surface area contributed by atoms with Crippen molar-refractivity contribution in [3.8, 4) is 6.07 Å². The molecule has 30 heavy (non-hydrogen) atoms. The van der Waals surface area contributed by atoms with Crippen LogP contribution in [0.25, 0.3) is 11.3 Å². The maximum atomic E-state index is 12.8. The summed E-state index contributed by atoms with van der Waals surface area (Å²) in [6.45, 7) is 14.0. The summed E-state index contributed by atoms with van der Waals surface area (Å²) in [5.74, 6) is -0.308. The van der Waals surface area contributed by atoms with Crippen LogP contribution in [0.2, 0.25) is 24.7 Å². The van der Waals surface area contributed by atoms with E-state index in [4.69, 9.17) is 16.3 Å². The van der Waals surface area contributed by atoms with Gasteiger partial charge in [-0.15, -0.1) is 0 Å². The van der Waals surface area contributed by atoms with Crippen molar-refractivity contribution in [2.45, 2.75) is 53.8 Å². The van der Waals surface area contributed by atoms with Crippen LogP contribution >= 0.6 is 11.6 Å². The third-order valence-corrected chi connectivity index (χ3v) is 7.25. The highest BCUT2D eigenvalue weighted by Gasteiger charge is 2.30. The Bertz CT molecular complexity index is 1020. The normalized spacial score (nSPS) is 12.9. The first-order valence-corrected chi connectivity index (χ1v) is 13.9. The van der Waals surface area contributed by atoms with Gasteiger partial charge in [0.25, 0.3) is 0 Å². The average Bonchev–Trinajstić information content (AvgIpc) is 2.93. The summed E-state index contributed by atoms with van der Waals surface area (Å²) in [5.41, 5.74) is 1.29. The number of esters is 1. The van der Waals surface area contributed by atoms with Crippen LogP contribution in [0.1, 0.15) is 44.6 Å². The van der Waals surface area contributed by atoms with Crippen LogP contribution in [0.4, 0.5) is 0 Å². The molecular formula is C23H30ClN3O2Si. The van der Waals surface area contributed by atoms with Crippen LogP contribution in [0.5, 0.6) is 0 Å². The molecule has 1 aromatic carbocycles. The van der Waals surface area contributed by atoms with E-state index in [1.165, 1.54) is 5.19 Å². The zero-order valence-corrected chi connectivity index (χ0v) is 20.8. The molecule has 1 aromatic heterocycles. The number of aromatic nitrogens is 2. The zero-order valence-electron chi connectivity index (χ0n) is 19.1. The second kappa shape index (κ2) is 8.79. The Morgan fingerprint density at radius 1 is 1.23 bits per heavy atom. The van der Waals surface area contributed by atoms with Gasteiger partial charge < -0.3 is 4.74 Å². The van der Waals surface area contributed by atoms with Crippen LogP contribution in [-0.4, -0.2) is 23.8 Å². The fourth-order valence-electron chi connectivity index (χ4n) is 2.87. The lowest BCUT2D eigenvalue weighted by Crippen LogP contribution is -2.37. The minimum absolute atomic E-state index is 0.137. The van der Waals surface area contributed by atoms with E-state index in [1.54, 1.807) is 32.5 Å². The van der Waals surface area contributed by atoms with E-state index in [9.17, 15) is 10.1 Å². The summed E-state index contributed by atoms with van der Waals surface area (Å²) in [6.07, 6.45) is 0.625. The number of aryl methyl sites for hydroxylation is 2. The Morgan fingerprint density at radius 3 is 2.20 bits per heavy atom. The predicted molar refractivity (Wildman–Crippen MR) is 125 cm³/mol. The van der Waals surface area contributed by atoms with Gasteiger partial charge in [0.15, 0.2) is 5.76 Å². The molecule has 0 atom stereocenters. The molecule has 0 saturated carbocycles. The third-order valence-electron chi connectivity index (χ3n) is 4.79. The highest BCUT2D eigenvalue weighted by molar-refractivity contribution is 6.88. The van der Waals surface area contributed by atoms with Crippen molar-refractivity contribution in [1.82, 2.24) is 9.78 Å². The van der Waals surface area contributed by atoms with Crippen molar-refractivity contribution in [2.24, 2.45) is 12.5 Å². The molecular weight excluding hydrogens is 414 g/mol. The molecule has 2 aromatic rings. The number of halogens is 1. The van der Waals surface area contributed by atoms with Crippen molar-refractivity contribution < 1.29 is 9.53 Å². The Balaban J connectivity index is 2.75. The first kappa shape index (κ1) is 23.9. The number of rotatable bonds is 5. The van der Waals surface area contributed by atoms with Gasteiger partial charge in [-0.3, -0.25) is 9.48 Å². The lowest BCUT2D eigenvalue weighted by Gasteiger charge is -2.20. The number of carbonyl (C=O) groups is 1.